The third-order valence-corrected chi connectivity index (χ3v) is 41.0. The third-order valence-electron chi connectivity index (χ3n) is 29.5. The molecule has 0 fully saturated rings. The number of nitrogens with zero attached hydrogens (tertiary/aromatic N) is 6. The van der Waals surface area contributed by atoms with Gasteiger partial charge in [0.2, 0.25) is 0 Å². The van der Waals surface area contributed by atoms with Crippen molar-refractivity contribution in [1.29, 1.82) is 0 Å². The second-order valence-corrected chi connectivity index (χ2v) is 78.7. The topological polar surface area (TPSA) is 19.4 Å². The van der Waals surface area contributed by atoms with E-state index in [9.17, 15) is 34.8 Å². The Morgan fingerprint density at radius 3 is 0.377 bits per heavy atom. The maximum Gasteiger partial charge on any atom is 0.0887 e. The molecule has 0 aliphatic carbocycles. The van der Waals surface area contributed by atoms with Crippen molar-refractivity contribution >= 4 is 203 Å². The van der Waals surface area contributed by atoms with Crippen molar-refractivity contribution < 1.29 is 0 Å². The zero-order valence-electron chi connectivity index (χ0n) is 94.0. The van der Waals surface area contributed by atoms with Gasteiger partial charge in [-0.15, -0.1) is 0 Å². The quantitative estimate of drug-likeness (QED) is 0.0395. The van der Waals surface area contributed by atoms with Crippen LogP contribution in [0.3, 0.4) is 0 Å². The molecule has 0 aliphatic heterocycles. The summed E-state index contributed by atoms with van der Waals surface area (Å²) >= 11 is 27.7. The molecule has 0 radical (unpaired) electrons. The number of halogens is 3. The zero-order valence-corrected chi connectivity index (χ0v) is 101. The van der Waals surface area contributed by atoms with E-state index in [0.29, 0.717) is 15.1 Å². The minimum atomic E-state index is -1.91. The summed E-state index contributed by atoms with van der Waals surface area (Å²) in [7, 11) is -9.55. The summed E-state index contributed by atoms with van der Waals surface area (Å²) in [4.78, 5) is 14.6. The van der Waals surface area contributed by atoms with Gasteiger partial charge in [0.05, 0.1) is 89.6 Å². The SMILES string of the molecule is Cc1ccc(N(c2ccc([Si](C)(C)C)cc2)c2cc(C(C)(c3cc(N(c4ccc(C(C)(C)C)cc4)c4ccc(C(C)(C)C)cc4)c(Cl)c(N(c4ccc([Si](C)(C)C)cc4)c4ccc([Si](C)(C)C)cc4)c3)c3cc(N(c4ccc(C(C)(C)C)cc4)c4ccc(C(C)(C)C)cc4)c(Cl)c(N(c4ccc([Si](C)(C)C)cc4)c4ccc([Si](C)(C)C)cc4)c3)cc(N(c3ccc(C(C)(C)C)cc3)c3ccc(C(C)(C)C)cc3)c2Cl)cc1. The van der Waals surface area contributed by atoms with Crippen molar-refractivity contribution in [1.82, 2.24) is 0 Å². The van der Waals surface area contributed by atoms with Crippen LogP contribution in [-0.4, -0.2) is 40.4 Å². The molecule has 15 aromatic carbocycles. The largest absolute Gasteiger partial charge is 0.309 e. The molecule has 0 aliphatic rings. The lowest BCUT2D eigenvalue weighted by Gasteiger charge is -2.40. The molecule has 0 heterocycles. The van der Waals surface area contributed by atoms with Crippen LogP contribution in [-0.2, 0) is 37.9 Å². The summed E-state index contributed by atoms with van der Waals surface area (Å²) in [6, 6.07) is 126. The molecule has 0 aromatic heterocycles. The first-order valence-corrected chi connectivity index (χ1v) is 71.0. The van der Waals surface area contributed by atoms with Gasteiger partial charge in [0.1, 0.15) is 0 Å². The van der Waals surface area contributed by atoms with Crippen molar-refractivity contribution in [2.24, 2.45) is 0 Å². The number of rotatable bonds is 26. The van der Waals surface area contributed by atoms with Gasteiger partial charge in [-0.1, -0.05) is 435 Å². The molecule has 146 heavy (non-hydrogen) atoms. The van der Waals surface area contributed by atoms with Crippen molar-refractivity contribution in [2.45, 2.75) is 275 Å². The van der Waals surface area contributed by atoms with Gasteiger partial charge in [-0.2, -0.15) is 0 Å². The first-order valence-electron chi connectivity index (χ1n) is 52.4. The van der Waals surface area contributed by atoms with Crippen LogP contribution in [0.1, 0.15) is 187 Å². The van der Waals surface area contributed by atoms with E-state index >= 15 is 0 Å². The smallest absolute Gasteiger partial charge is 0.0887 e. The van der Waals surface area contributed by atoms with Crippen LogP contribution in [0.2, 0.25) is 113 Å². The molecule has 0 saturated carbocycles. The molecule has 0 spiro atoms. The van der Waals surface area contributed by atoms with E-state index in [2.05, 4.69) is 594 Å². The minimum Gasteiger partial charge on any atom is -0.309 e. The highest BCUT2D eigenvalue weighted by molar-refractivity contribution is 6.90. The lowest BCUT2D eigenvalue weighted by atomic mass is 9.70. The van der Waals surface area contributed by atoms with Crippen molar-refractivity contribution in [3.8, 4) is 0 Å². The number of benzene rings is 15. The van der Waals surface area contributed by atoms with Gasteiger partial charge in [0, 0.05) is 73.7 Å². The number of anilines is 18. The molecular formula is C132H159Cl3N6Si5. The molecule has 15 aromatic rings. The first kappa shape index (κ1) is 109. The van der Waals surface area contributed by atoms with Crippen molar-refractivity contribution in [2.75, 3.05) is 29.4 Å². The Balaban J connectivity index is 1.25. The Hall–Kier alpha value is -10.9. The van der Waals surface area contributed by atoms with Crippen molar-refractivity contribution in [3.63, 3.8) is 0 Å². The lowest BCUT2D eigenvalue weighted by Crippen LogP contribution is -2.37. The van der Waals surface area contributed by atoms with Gasteiger partial charge in [0.25, 0.3) is 0 Å². The van der Waals surface area contributed by atoms with E-state index in [4.69, 9.17) is 0 Å². The molecule has 758 valence electrons. The summed E-state index contributed by atoms with van der Waals surface area (Å²) in [6.07, 6.45) is 0. The Morgan fingerprint density at radius 1 is 0.158 bits per heavy atom. The third kappa shape index (κ3) is 23.7. The average molecular weight is 2080 g/mol. The average Bonchev–Trinajstić information content (AvgIpc) is 0.712. The maximum atomic E-state index is 9.24. The fraction of sp³-hybridized carbons (Fsp3) is 0.318. The summed E-state index contributed by atoms with van der Waals surface area (Å²) in [5.41, 5.74) is 24.6. The second kappa shape index (κ2) is 40.8. The van der Waals surface area contributed by atoms with Crippen LogP contribution < -0.4 is 55.3 Å². The van der Waals surface area contributed by atoms with Gasteiger partial charge in [-0.3, -0.25) is 0 Å². The standard InChI is InChI=1S/C132H159Cl3N6Si5/c1-90-36-50-100(51-37-90)136(107-64-74-112(75-65-107)142(21,22)23)117-84-97(85-118(123(117)133)137(101-52-38-91(39-53-101)126(2,3)4)102-54-40-92(41-55-102)127(5,6)7)132(20,98-86-119(138(103-56-42-93(43-57-103)128(8,9)10)104-58-44-94(45-59-104)129(11,12)13)124(134)121(88-98)140(108-66-76-113(77-67-108)143(24,25)26)109-68-78-114(79-69-109)144(27,28)29)99-87-120(139(105-60-46-95(47-61-105)130(14,15)16)106-62-48-96(49-63-106)131(17,18)19)125(135)122(89-99)141(110-70-80-115(81-71-110)145(30,31)32)111-72-82-116(83-73-111)146(33,34)35/h36-89H,1-35H3. The normalized spacial score (nSPS) is 12.9. The van der Waals surface area contributed by atoms with Gasteiger partial charge < -0.3 is 29.4 Å². The van der Waals surface area contributed by atoms with Gasteiger partial charge in [-0.05, 0) is 278 Å². The Labute approximate surface area is 898 Å². The van der Waals surface area contributed by atoms with Crippen LogP contribution in [0.5, 0.6) is 0 Å². The maximum absolute atomic E-state index is 9.24. The van der Waals surface area contributed by atoms with E-state index < -0.39 is 45.8 Å². The van der Waals surface area contributed by atoms with Crippen LogP contribution in [0.4, 0.5) is 102 Å². The van der Waals surface area contributed by atoms with Gasteiger partial charge in [0.15, 0.2) is 0 Å². The van der Waals surface area contributed by atoms with Crippen LogP contribution >= 0.6 is 34.8 Å². The van der Waals surface area contributed by atoms with E-state index in [-0.39, 0.29) is 32.5 Å². The molecule has 14 heteroatoms. The molecule has 15 rings (SSSR count). The van der Waals surface area contributed by atoms with Gasteiger partial charge in [-0.25, -0.2) is 0 Å². The Kier molecular flexibility index (Phi) is 30.6. The highest BCUT2D eigenvalue weighted by Crippen LogP contribution is 2.59. The number of hydrogen-bond donors (Lipinski definition) is 0. The highest BCUT2D eigenvalue weighted by Gasteiger charge is 2.42. The Morgan fingerprint density at radius 2 is 0.267 bits per heavy atom. The van der Waals surface area contributed by atoms with E-state index in [1.807, 2.05) is 0 Å². The molecule has 0 atom stereocenters. The van der Waals surface area contributed by atoms with E-state index in [1.165, 1.54) is 59.3 Å². The predicted molar refractivity (Wildman–Crippen MR) is 660 cm³/mol. The monoisotopic (exact) mass is 2070 g/mol. The summed E-state index contributed by atoms with van der Waals surface area (Å²) < 4.78 is 0. The summed E-state index contributed by atoms with van der Waals surface area (Å²) in [5.74, 6) is 0. The molecule has 6 nitrogen and oxygen atoms in total. The fourth-order valence-corrected chi connectivity index (χ4v) is 26.3. The Bertz CT molecular complexity index is 6260. The first-order chi connectivity index (χ1) is 67.8. The summed E-state index contributed by atoms with van der Waals surface area (Å²) in [6.45, 7) is 82.6. The van der Waals surface area contributed by atoms with Crippen molar-refractivity contribution in [3.05, 3.63) is 398 Å². The minimum absolute atomic E-state index is 0.173. The zero-order chi connectivity index (χ0) is 106. The number of aryl methyl sites for hydroxylation is 1. The van der Waals surface area contributed by atoms with E-state index in [1.54, 1.807) is 0 Å². The molecule has 0 N–H and O–H groups in total. The number of hydrogen-bond acceptors (Lipinski definition) is 6. The van der Waals surface area contributed by atoms with Crippen LogP contribution in [0.15, 0.2) is 328 Å². The molecular weight excluding hydrogens is 1920 g/mol. The molecule has 0 saturated heterocycles. The molecule has 0 unspecified atom stereocenters. The molecule has 0 amide bonds. The lowest BCUT2D eigenvalue weighted by molar-refractivity contribution is 0.590. The van der Waals surface area contributed by atoms with Crippen LogP contribution in [0, 0.1) is 6.92 Å². The second-order valence-electron chi connectivity index (χ2n) is 52.2. The highest BCUT2D eigenvalue weighted by atomic mass is 35.5. The van der Waals surface area contributed by atoms with Crippen LogP contribution in [0.25, 0.3) is 0 Å². The van der Waals surface area contributed by atoms with E-state index in [0.717, 1.165) is 125 Å². The molecule has 0 bridgehead atoms. The summed E-state index contributed by atoms with van der Waals surface area (Å²) in [5, 5.41) is 8.38. The fourth-order valence-electron chi connectivity index (χ4n) is 19.6. The predicted octanol–water partition coefficient (Wildman–Crippen LogP) is 38.6. The van der Waals surface area contributed by atoms with Gasteiger partial charge >= 0.3 is 0 Å².